The van der Waals surface area contributed by atoms with Crippen LogP contribution in [0.3, 0.4) is 0 Å². The van der Waals surface area contributed by atoms with Crippen LogP contribution in [0.4, 0.5) is 5.69 Å². The Bertz CT molecular complexity index is 473. The van der Waals surface area contributed by atoms with Crippen molar-refractivity contribution < 1.29 is 14.7 Å². The maximum atomic E-state index is 12.1. The van der Waals surface area contributed by atoms with Crippen molar-refractivity contribution in [2.24, 2.45) is 5.92 Å². The molecule has 1 fully saturated rings. The van der Waals surface area contributed by atoms with E-state index in [9.17, 15) is 9.59 Å². The molecular formula is C13H17N3O3. The third kappa shape index (κ3) is 3.43. The van der Waals surface area contributed by atoms with Crippen molar-refractivity contribution in [2.45, 2.75) is 19.3 Å². The fourth-order valence-electron chi connectivity index (χ4n) is 2.21. The summed E-state index contributed by atoms with van der Waals surface area (Å²) in [4.78, 5) is 28.7. The Morgan fingerprint density at radius 3 is 2.89 bits per heavy atom. The van der Waals surface area contributed by atoms with Crippen LogP contribution in [0.1, 0.15) is 18.5 Å². The van der Waals surface area contributed by atoms with E-state index in [1.165, 1.54) is 6.20 Å². The highest BCUT2D eigenvalue weighted by Crippen LogP contribution is 2.17. The number of nitrogens with zero attached hydrogens (tertiary/aromatic N) is 2. The van der Waals surface area contributed by atoms with Crippen LogP contribution in [0, 0.1) is 5.92 Å². The molecule has 0 bridgehead atoms. The predicted octanol–water partition coefficient (Wildman–Crippen LogP) is 0.529. The topological polar surface area (TPSA) is 96.5 Å². The molecular weight excluding hydrogens is 246 g/mol. The third-order valence-electron chi connectivity index (χ3n) is 3.30. The Balaban J connectivity index is 1.96. The van der Waals surface area contributed by atoms with E-state index >= 15 is 0 Å². The van der Waals surface area contributed by atoms with Crippen LogP contribution in [0.5, 0.6) is 0 Å². The van der Waals surface area contributed by atoms with Crippen LogP contribution < -0.4 is 5.73 Å². The van der Waals surface area contributed by atoms with Gasteiger partial charge in [-0.05, 0) is 25.0 Å². The average molecular weight is 263 g/mol. The molecule has 1 aromatic heterocycles. The molecule has 0 spiro atoms. The Morgan fingerprint density at radius 2 is 2.26 bits per heavy atom. The zero-order chi connectivity index (χ0) is 13.8. The number of aromatic nitrogens is 1. The van der Waals surface area contributed by atoms with Crippen LogP contribution in [0.15, 0.2) is 18.3 Å². The van der Waals surface area contributed by atoms with Crippen molar-refractivity contribution in [2.75, 3.05) is 18.8 Å². The highest BCUT2D eigenvalue weighted by Gasteiger charge is 2.28. The summed E-state index contributed by atoms with van der Waals surface area (Å²) < 4.78 is 0. The first-order valence-electron chi connectivity index (χ1n) is 6.27. The number of hydrogen-bond donors (Lipinski definition) is 2. The summed E-state index contributed by atoms with van der Waals surface area (Å²) in [5.74, 6) is -1.36. The first kappa shape index (κ1) is 13.3. The normalized spacial score (nSPS) is 19.2. The second-order valence-corrected chi connectivity index (χ2v) is 4.78. The van der Waals surface area contributed by atoms with Crippen molar-refractivity contribution in [3.63, 3.8) is 0 Å². The van der Waals surface area contributed by atoms with Crippen LogP contribution >= 0.6 is 0 Å². The summed E-state index contributed by atoms with van der Waals surface area (Å²) in [5.41, 5.74) is 6.73. The SMILES string of the molecule is Nc1ccc(CC(=O)N2CCC[C@H](C(=O)O)C2)nc1. The van der Waals surface area contributed by atoms with Crippen LogP contribution in [0.25, 0.3) is 0 Å². The fourth-order valence-corrected chi connectivity index (χ4v) is 2.21. The molecule has 19 heavy (non-hydrogen) atoms. The number of carbonyl (C=O) groups excluding carboxylic acids is 1. The van der Waals surface area contributed by atoms with Gasteiger partial charge in [-0.1, -0.05) is 0 Å². The number of likely N-dealkylation sites (tertiary alicyclic amines) is 1. The summed E-state index contributed by atoms with van der Waals surface area (Å²) in [5, 5.41) is 8.99. The predicted molar refractivity (Wildman–Crippen MR) is 69.3 cm³/mol. The van der Waals surface area contributed by atoms with E-state index in [1.807, 2.05) is 0 Å². The minimum absolute atomic E-state index is 0.0804. The molecule has 1 aliphatic heterocycles. The van der Waals surface area contributed by atoms with E-state index in [4.69, 9.17) is 10.8 Å². The summed E-state index contributed by atoms with van der Waals surface area (Å²) >= 11 is 0. The Labute approximate surface area is 111 Å². The lowest BCUT2D eigenvalue weighted by atomic mass is 9.98. The van der Waals surface area contributed by atoms with Gasteiger partial charge in [-0.15, -0.1) is 0 Å². The maximum absolute atomic E-state index is 12.1. The molecule has 0 aromatic carbocycles. The third-order valence-corrected chi connectivity index (χ3v) is 3.30. The van der Waals surface area contributed by atoms with Gasteiger partial charge in [-0.25, -0.2) is 0 Å². The average Bonchev–Trinajstić information content (AvgIpc) is 2.41. The molecule has 1 atom stereocenters. The fraction of sp³-hybridized carbons (Fsp3) is 0.462. The number of amides is 1. The largest absolute Gasteiger partial charge is 0.481 e. The number of carboxylic acid groups (broad SMARTS) is 1. The van der Waals surface area contributed by atoms with Crippen molar-refractivity contribution in [1.82, 2.24) is 9.88 Å². The number of piperidine rings is 1. The van der Waals surface area contributed by atoms with E-state index in [2.05, 4.69) is 4.98 Å². The highest BCUT2D eigenvalue weighted by atomic mass is 16.4. The molecule has 1 saturated heterocycles. The molecule has 3 N–H and O–H groups in total. The molecule has 2 rings (SSSR count). The number of pyridine rings is 1. The van der Waals surface area contributed by atoms with Gasteiger partial charge in [0, 0.05) is 18.8 Å². The van der Waals surface area contributed by atoms with Crippen LogP contribution in [-0.2, 0) is 16.0 Å². The highest BCUT2D eigenvalue weighted by molar-refractivity contribution is 5.79. The van der Waals surface area contributed by atoms with Gasteiger partial charge >= 0.3 is 5.97 Å². The smallest absolute Gasteiger partial charge is 0.308 e. The van der Waals surface area contributed by atoms with Gasteiger partial charge in [0.2, 0.25) is 5.91 Å². The summed E-state index contributed by atoms with van der Waals surface area (Å²) in [6.45, 7) is 0.917. The first-order valence-corrected chi connectivity index (χ1v) is 6.27. The number of nitrogen functional groups attached to an aromatic ring is 1. The van der Waals surface area contributed by atoms with Gasteiger partial charge in [-0.3, -0.25) is 14.6 Å². The summed E-state index contributed by atoms with van der Waals surface area (Å²) in [6, 6.07) is 3.41. The number of hydrogen-bond acceptors (Lipinski definition) is 4. The molecule has 0 radical (unpaired) electrons. The van der Waals surface area contributed by atoms with Gasteiger partial charge < -0.3 is 15.7 Å². The van der Waals surface area contributed by atoms with E-state index in [0.717, 1.165) is 6.42 Å². The van der Waals surface area contributed by atoms with Gasteiger partial charge in [0.15, 0.2) is 0 Å². The standard InChI is InChI=1S/C13H17N3O3/c14-10-3-4-11(15-7-10)6-12(17)16-5-1-2-9(8-16)13(18)19/h3-4,7,9H,1-2,5-6,8,14H2,(H,18,19)/t9-/m0/s1. The van der Waals surface area contributed by atoms with Crippen molar-refractivity contribution in [3.05, 3.63) is 24.0 Å². The number of rotatable bonds is 3. The second-order valence-electron chi connectivity index (χ2n) is 4.78. The zero-order valence-electron chi connectivity index (χ0n) is 10.6. The number of nitrogens with two attached hydrogens (primary N) is 1. The monoisotopic (exact) mass is 263 g/mol. The minimum Gasteiger partial charge on any atom is -0.481 e. The molecule has 0 saturated carbocycles. The van der Waals surface area contributed by atoms with Gasteiger partial charge in [-0.2, -0.15) is 0 Å². The molecule has 6 heteroatoms. The van der Waals surface area contributed by atoms with Crippen molar-refractivity contribution in [3.8, 4) is 0 Å². The van der Waals surface area contributed by atoms with Gasteiger partial charge in [0.05, 0.1) is 24.2 Å². The molecule has 2 heterocycles. The molecule has 1 aliphatic rings. The van der Waals surface area contributed by atoms with Crippen molar-refractivity contribution in [1.29, 1.82) is 0 Å². The quantitative estimate of drug-likeness (QED) is 0.829. The summed E-state index contributed by atoms with van der Waals surface area (Å²) in [6.07, 6.45) is 3.07. The number of carbonyl (C=O) groups is 2. The van der Waals surface area contributed by atoms with Gasteiger partial charge in [0.25, 0.3) is 0 Å². The van der Waals surface area contributed by atoms with Crippen molar-refractivity contribution >= 4 is 17.6 Å². The number of aliphatic carboxylic acids is 1. The van der Waals surface area contributed by atoms with E-state index in [-0.39, 0.29) is 12.3 Å². The zero-order valence-corrected chi connectivity index (χ0v) is 10.6. The Kier molecular flexibility index (Phi) is 3.99. The van der Waals surface area contributed by atoms with Gasteiger partial charge in [0.1, 0.15) is 0 Å². The Morgan fingerprint density at radius 1 is 1.47 bits per heavy atom. The number of anilines is 1. The van der Waals surface area contributed by atoms with Crippen LogP contribution in [0.2, 0.25) is 0 Å². The lowest BCUT2D eigenvalue weighted by molar-refractivity contribution is -0.145. The lowest BCUT2D eigenvalue weighted by Crippen LogP contribution is -2.43. The summed E-state index contributed by atoms with van der Waals surface area (Å²) in [7, 11) is 0. The van der Waals surface area contributed by atoms with E-state index < -0.39 is 11.9 Å². The molecule has 0 aliphatic carbocycles. The van der Waals surface area contributed by atoms with E-state index in [0.29, 0.717) is 30.9 Å². The number of carboxylic acids is 1. The molecule has 1 amide bonds. The minimum atomic E-state index is -0.830. The second kappa shape index (κ2) is 5.69. The molecule has 102 valence electrons. The molecule has 0 unspecified atom stereocenters. The maximum Gasteiger partial charge on any atom is 0.308 e. The van der Waals surface area contributed by atoms with E-state index in [1.54, 1.807) is 17.0 Å². The molecule has 6 nitrogen and oxygen atoms in total. The van der Waals surface area contributed by atoms with Crippen LogP contribution in [-0.4, -0.2) is 40.0 Å². The Hall–Kier alpha value is -2.11. The first-order chi connectivity index (χ1) is 9.06. The molecule has 1 aromatic rings. The lowest BCUT2D eigenvalue weighted by Gasteiger charge is -2.30.